The van der Waals surface area contributed by atoms with Gasteiger partial charge in [-0.15, -0.1) is 0 Å². The number of carbonyl (C=O) groups excluding carboxylic acids is 1. The van der Waals surface area contributed by atoms with Crippen LogP contribution in [0.3, 0.4) is 0 Å². The molecule has 1 rings (SSSR count). The lowest BCUT2D eigenvalue weighted by molar-refractivity contribution is -0.142. The van der Waals surface area contributed by atoms with Gasteiger partial charge in [-0.3, -0.25) is 4.79 Å². The maximum atomic E-state index is 11.3. The highest BCUT2D eigenvalue weighted by Gasteiger charge is 2.08. The van der Waals surface area contributed by atoms with Gasteiger partial charge in [-0.05, 0) is 37.6 Å². The van der Waals surface area contributed by atoms with E-state index in [9.17, 15) is 4.79 Å². The Bertz CT molecular complexity index is 363. The molecule has 0 saturated heterocycles. The van der Waals surface area contributed by atoms with Crippen LogP contribution in [0.5, 0.6) is 5.75 Å². The molecule has 0 aliphatic heterocycles. The molecule has 1 aromatic rings. The third-order valence-electron chi connectivity index (χ3n) is 1.97. The smallest absolute Gasteiger partial charge is 0.310 e. The van der Waals surface area contributed by atoms with Gasteiger partial charge in [-0.1, -0.05) is 15.9 Å². The van der Waals surface area contributed by atoms with Crippen molar-refractivity contribution in [2.75, 3.05) is 13.2 Å². The maximum absolute atomic E-state index is 11.3. The van der Waals surface area contributed by atoms with E-state index in [1.807, 2.05) is 25.1 Å². The number of carbonyl (C=O) groups is 1. The number of ether oxygens (including phenoxy) is 2. The molecule has 16 heavy (non-hydrogen) atoms. The Morgan fingerprint density at radius 2 is 2.06 bits per heavy atom. The van der Waals surface area contributed by atoms with Gasteiger partial charge in [0.15, 0.2) is 0 Å². The second-order valence-electron chi connectivity index (χ2n) is 3.17. The lowest BCUT2D eigenvalue weighted by Crippen LogP contribution is -2.08. The van der Waals surface area contributed by atoms with E-state index in [2.05, 4.69) is 15.9 Å². The van der Waals surface area contributed by atoms with Crippen molar-refractivity contribution in [1.82, 2.24) is 0 Å². The average Bonchev–Trinajstić information content (AvgIpc) is 2.24. The van der Waals surface area contributed by atoms with Gasteiger partial charge in [0.25, 0.3) is 0 Å². The summed E-state index contributed by atoms with van der Waals surface area (Å²) in [5.74, 6) is 0.543. The normalized spacial score (nSPS) is 9.94. The zero-order chi connectivity index (χ0) is 12.0. The molecule has 88 valence electrons. The van der Waals surface area contributed by atoms with E-state index in [4.69, 9.17) is 9.47 Å². The van der Waals surface area contributed by atoms with E-state index in [0.29, 0.717) is 13.2 Å². The van der Waals surface area contributed by atoms with Crippen molar-refractivity contribution in [2.24, 2.45) is 0 Å². The van der Waals surface area contributed by atoms with Gasteiger partial charge in [0, 0.05) is 4.47 Å². The second kappa shape index (κ2) is 6.53. The first kappa shape index (κ1) is 13.0. The van der Waals surface area contributed by atoms with Gasteiger partial charge >= 0.3 is 5.97 Å². The summed E-state index contributed by atoms with van der Waals surface area (Å²) in [4.78, 5) is 11.3. The molecular formula is C12H15BrO3. The van der Waals surface area contributed by atoms with Crippen molar-refractivity contribution in [1.29, 1.82) is 0 Å². The second-order valence-corrected chi connectivity index (χ2v) is 4.02. The highest BCUT2D eigenvalue weighted by Crippen LogP contribution is 2.23. The van der Waals surface area contributed by atoms with Gasteiger partial charge in [0.1, 0.15) is 5.75 Å². The molecule has 0 fully saturated rings. The molecule has 0 aliphatic carbocycles. The Balaban J connectivity index is 2.77. The summed E-state index contributed by atoms with van der Waals surface area (Å²) in [6, 6.07) is 5.59. The Morgan fingerprint density at radius 1 is 1.31 bits per heavy atom. The van der Waals surface area contributed by atoms with Crippen LogP contribution < -0.4 is 4.74 Å². The quantitative estimate of drug-likeness (QED) is 0.781. The first-order valence-corrected chi connectivity index (χ1v) is 6.03. The van der Waals surface area contributed by atoms with Gasteiger partial charge in [0.2, 0.25) is 0 Å². The molecule has 0 atom stereocenters. The number of halogens is 1. The predicted molar refractivity (Wildman–Crippen MR) is 65.6 cm³/mol. The Labute approximate surface area is 104 Å². The van der Waals surface area contributed by atoms with Gasteiger partial charge in [-0.2, -0.15) is 0 Å². The lowest BCUT2D eigenvalue weighted by Gasteiger charge is -2.08. The summed E-state index contributed by atoms with van der Waals surface area (Å²) < 4.78 is 11.2. The highest BCUT2D eigenvalue weighted by atomic mass is 79.9. The van der Waals surface area contributed by atoms with E-state index in [0.717, 1.165) is 15.8 Å². The van der Waals surface area contributed by atoms with Crippen LogP contribution in [0.25, 0.3) is 0 Å². The van der Waals surface area contributed by atoms with Crippen LogP contribution in [0.15, 0.2) is 22.7 Å². The molecule has 4 heteroatoms. The van der Waals surface area contributed by atoms with E-state index < -0.39 is 0 Å². The van der Waals surface area contributed by atoms with Crippen LogP contribution in [0, 0.1) is 0 Å². The van der Waals surface area contributed by atoms with Crippen LogP contribution in [0.2, 0.25) is 0 Å². The fraction of sp³-hybridized carbons (Fsp3) is 0.417. The third kappa shape index (κ3) is 3.85. The van der Waals surface area contributed by atoms with Crippen LogP contribution in [0.1, 0.15) is 19.4 Å². The number of hydrogen-bond donors (Lipinski definition) is 0. The van der Waals surface area contributed by atoms with E-state index in [-0.39, 0.29) is 12.4 Å². The molecule has 0 heterocycles. The summed E-state index contributed by atoms with van der Waals surface area (Å²) in [7, 11) is 0. The highest BCUT2D eigenvalue weighted by molar-refractivity contribution is 9.10. The molecular weight excluding hydrogens is 272 g/mol. The number of esters is 1. The Hall–Kier alpha value is -1.03. The fourth-order valence-electron chi connectivity index (χ4n) is 1.31. The van der Waals surface area contributed by atoms with E-state index >= 15 is 0 Å². The minimum atomic E-state index is -0.225. The van der Waals surface area contributed by atoms with Crippen molar-refractivity contribution in [3.05, 3.63) is 28.2 Å². The molecule has 0 saturated carbocycles. The first-order chi connectivity index (χ1) is 7.67. The summed E-state index contributed by atoms with van der Waals surface area (Å²) in [5.41, 5.74) is 0.879. The fourth-order valence-corrected chi connectivity index (χ4v) is 1.70. The van der Waals surface area contributed by atoms with Crippen LogP contribution in [-0.2, 0) is 16.0 Å². The molecule has 0 aliphatic rings. The van der Waals surface area contributed by atoms with Crippen molar-refractivity contribution < 1.29 is 14.3 Å². The number of benzene rings is 1. The summed E-state index contributed by atoms with van der Waals surface area (Å²) in [6.07, 6.45) is 0.259. The van der Waals surface area contributed by atoms with Crippen LogP contribution in [-0.4, -0.2) is 19.2 Å². The summed E-state index contributed by atoms with van der Waals surface area (Å²) in [6.45, 7) is 4.73. The van der Waals surface area contributed by atoms with Gasteiger partial charge in [-0.25, -0.2) is 0 Å². The molecule has 0 N–H and O–H groups in total. The van der Waals surface area contributed by atoms with E-state index in [1.165, 1.54) is 0 Å². The third-order valence-corrected chi connectivity index (χ3v) is 2.74. The topological polar surface area (TPSA) is 35.5 Å². The van der Waals surface area contributed by atoms with Crippen molar-refractivity contribution in [3.63, 3.8) is 0 Å². The Morgan fingerprint density at radius 3 is 2.69 bits per heavy atom. The van der Waals surface area contributed by atoms with E-state index in [1.54, 1.807) is 6.92 Å². The molecule has 1 aromatic carbocycles. The molecule has 0 unspecified atom stereocenters. The van der Waals surface area contributed by atoms with Gasteiger partial charge < -0.3 is 9.47 Å². The molecule has 0 radical (unpaired) electrons. The molecule has 0 aromatic heterocycles. The minimum Gasteiger partial charge on any atom is -0.494 e. The average molecular weight is 287 g/mol. The Kier molecular flexibility index (Phi) is 5.32. The zero-order valence-electron chi connectivity index (χ0n) is 9.46. The SMILES string of the molecule is CCOC(=O)Cc1cc(OCC)ccc1Br. The molecule has 0 spiro atoms. The summed E-state index contributed by atoms with van der Waals surface area (Å²) >= 11 is 3.40. The van der Waals surface area contributed by atoms with Crippen molar-refractivity contribution in [2.45, 2.75) is 20.3 Å². The number of hydrogen-bond acceptors (Lipinski definition) is 3. The maximum Gasteiger partial charge on any atom is 0.310 e. The van der Waals surface area contributed by atoms with Gasteiger partial charge in [0.05, 0.1) is 19.6 Å². The summed E-state index contributed by atoms with van der Waals surface area (Å²) in [5, 5.41) is 0. The predicted octanol–water partition coefficient (Wildman–Crippen LogP) is 2.95. The lowest BCUT2D eigenvalue weighted by atomic mass is 10.1. The minimum absolute atomic E-state index is 0.225. The number of rotatable bonds is 5. The monoisotopic (exact) mass is 286 g/mol. The first-order valence-electron chi connectivity index (χ1n) is 5.24. The molecule has 3 nitrogen and oxygen atoms in total. The largest absolute Gasteiger partial charge is 0.494 e. The standard InChI is InChI=1S/C12H15BrO3/c1-3-15-10-5-6-11(13)9(7-10)8-12(14)16-4-2/h5-7H,3-4,8H2,1-2H3. The van der Waals surface area contributed by atoms with Crippen LogP contribution >= 0.6 is 15.9 Å². The van der Waals surface area contributed by atoms with Crippen LogP contribution in [0.4, 0.5) is 0 Å². The van der Waals surface area contributed by atoms with Crippen molar-refractivity contribution >= 4 is 21.9 Å². The zero-order valence-corrected chi connectivity index (χ0v) is 11.0. The molecule has 0 amide bonds. The molecule has 0 bridgehead atoms. The van der Waals surface area contributed by atoms with Crippen molar-refractivity contribution in [3.8, 4) is 5.75 Å².